The van der Waals surface area contributed by atoms with Crippen LogP contribution in [0, 0.1) is 6.92 Å². The molecule has 0 N–H and O–H groups in total. The van der Waals surface area contributed by atoms with Crippen LogP contribution in [-0.2, 0) is 6.54 Å². The summed E-state index contributed by atoms with van der Waals surface area (Å²) in [6, 6.07) is 12.4. The molecule has 0 bridgehead atoms. The van der Waals surface area contributed by atoms with Gasteiger partial charge in [0.25, 0.3) is 5.91 Å². The van der Waals surface area contributed by atoms with Gasteiger partial charge in [0.05, 0.1) is 17.1 Å². The summed E-state index contributed by atoms with van der Waals surface area (Å²) in [5.41, 5.74) is 2.20. The monoisotopic (exact) mass is 368 g/mol. The summed E-state index contributed by atoms with van der Waals surface area (Å²) >= 11 is 1.57. The molecular weight excluding hydrogens is 344 g/mol. The second kappa shape index (κ2) is 7.21. The van der Waals surface area contributed by atoms with Crippen molar-refractivity contribution in [1.82, 2.24) is 19.6 Å². The Kier molecular flexibility index (Phi) is 4.78. The number of amides is 1. The lowest BCUT2D eigenvalue weighted by molar-refractivity contribution is 0.0767. The van der Waals surface area contributed by atoms with Crippen LogP contribution < -0.4 is 0 Å². The van der Waals surface area contributed by atoms with Crippen molar-refractivity contribution in [3.8, 4) is 0 Å². The molecule has 0 spiro atoms. The number of carbonyl (C=O) groups is 1. The molecule has 4 rings (SSSR count). The van der Waals surface area contributed by atoms with Crippen molar-refractivity contribution in [2.24, 2.45) is 0 Å². The standard InChI is InChI=1S/C20H24N4OS/c1-15-17-13-18(19(25)23-10-6-9-22(2)11-12-23)26-20(17)24(21-15)14-16-7-4-3-5-8-16/h3-5,7-8,13H,6,9-12,14H2,1-2H3. The lowest BCUT2D eigenvalue weighted by atomic mass is 10.2. The Morgan fingerprint density at radius 1 is 1.15 bits per heavy atom. The molecule has 0 saturated carbocycles. The molecule has 3 heterocycles. The molecule has 0 radical (unpaired) electrons. The van der Waals surface area contributed by atoms with Crippen LogP contribution in [0.4, 0.5) is 0 Å². The van der Waals surface area contributed by atoms with Gasteiger partial charge in [-0.3, -0.25) is 9.48 Å². The third-order valence-corrected chi connectivity index (χ3v) is 6.14. The predicted octanol–water partition coefficient (Wildman–Crippen LogP) is 3.23. The molecule has 2 aromatic heterocycles. The van der Waals surface area contributed by atoms with E-state index in [2.05, 4.69) is 29.2 Å². The minimum atomic E-state index is 0.159. The maximum Gasteiger partial charge on any atom is 0.264 e. The number of carbonyl (C=O) groups excluding carboxylic acids is 1. The van der Waals surface area contributed by atoms with Gasteiger partial charge in [-0.25, -0.2) is 0 Å². The average Bonchev–Trinajstić information content (AvgIpc) is 3.12. The zero-order valence-corrected chi connectivity index (χ0v) is 16.1. The summed E-state index contributed by atoms with van der Waals surface area (Å²) in [6.07, 6.45) is 1.04. The van der Waals surface area contributed by atoms with Gasteiger partial charge in [0, 0.05) is 25.0 Å². The topological polar surface area (TPSA) is 41.4 Å². The highest BCUT2D eigenvalue weighted by atomic mass is 32.1. The summed E-state index contributed by atoms with van der Waals surface area (Å²) in [5.74, 6) is 0.159. The first-order chi connectivity index (χ1) is 12.6. The first-order valence-corrected chi connectivity index (χ1v) is 9.92. The number of aromatic nitrogens is 2. The lowest BCUT2D eigenvalue weighted by Crippen LogP contribution is -2.34. The average molecular weight is 369 g/mol. The molecule has 0 unspecified atom stereocenters. The highest BCUT2D eigenvalue weighted by Crippen LogP contribution is 2.30. The molecular formula is C20H24N4OS. The van der Waals surface area contributed by atoms with Gasteiger partial charge in [0.15, 0.2) is 0 Å². The Morgan fingerprint density at radius 3 is 2.77 bits per heavy atom. The molecule has 1 aliphatic heterocycles. The van der Waals surface area contributed by atoms with Crippen molar-refractivity contribution in [2.75, 3.05) is 33.2 Å². The summed E-state index contributed by atoms with van der Waals surface area (Å²) in [5, 5.41) is 5.78. The minimum absolute atomic E-state index is 0.159. The third-order valence-electron chi connectivity index (χ3n) is 5.00. The van der Waals surface area contributed by atoms with E-state index in [1.54, 1.807) is 11.3 Å². The number of fused-ring (bicyclic) bond motifs is 1. The van der Waals surface area contributed by atoms with Crippen molar-refractivity contribution in [3.63, 3.8) is 0 Å². The zero-order chi connectivity index (χ0) is 18.1. The normalized spacial score (nSPS) is 16.2. The van der Waals surface area contributed by atoms with E-state index in [9.17, 15) is 4.79 Å². The number of aryl methyl sites for hydroxylation is 1. The molecule has 0 aliphatic carbocycles. The van der Waals surface area contributed by atoms with E-state index in [-0.39, 0.29) is 5.91 Å². The molecule has 136 valence electrons. The van der Waals surface area contributed by atoms with Gasteiger partial charge in [-0.05, 0) is 38.6 Å². The highest BCUT2D eigenvalue weighted by Gasteiger charge is 2.22. The molecule has 1 fully saturated rings. The van der Waals surface area contributed by atoms with E-state index in [0.717, 1.165) is 59.9 Å². The first kappa shape index (κ1) is 17.2. The quantitative estimate of drug-likeness (QED) is 0.713. The largest absolute Gasteiger partial charge is 0.337 e. The fourth-order valence-corrected chi connectivity index (χ4v) is 4.62. The van der Waals surface area contributed by atoms with Crippen LogP contribution >= 0.6 is 11.3 Å². The molecule has 3 aromatic rings. The molecule has 1 amide bonds. The van der Waals surface area contributed by atoms with Crippen molar-refractivity contribution >= 4 is 27.5 Å². The Labute approximate surface area is 157 Å². The van der Waals surface area contributed by atoms with Gasteiger partial charge in [0.2, 0.25) is 0 Å². The molecule has 26 heavy (non-hydrogen) atoms. The fraction of sp³-hybridized carbons (Fsp3) is 0.400. The Hall–Kier alpha value is -2.18. The maximum atomic E-state index is 13.0. The highest BCUT2D eigenvalue weighted by molar-refractivity contribution is 7.20. The van der Waals surface area contributed by atoms with E-state index in [1.165, 1.54) is 5.56 Å². The summed E-state index contributed by atoms with van der Waals surface area (Å²) in [4.78, 5) is 19.2. The van der Waals surface area contributed by atoms with E-state index in [4.69, 9.17) is 0 Å². The fourth-order valence-electron chi connectivity index (χ4n) is 3.49. The summed E-state index contributed by atoms with van der Waals surface area (Å²) in [7, 11) is 2.12. The Morgan fingerprint density at radius 2 is 1.96 bits per heavy atom. The van der Waals surface area contributed by atoms with E-state index < -0.39 is 0 Å². The number of hydrogen-bond acceptors (Lipinski definition) is 4. The number of thiophene rings is 1. The number of nitrogens with zero attached hydrogens (tertiary/aromatic N) is 4. The molecule has 0 atom stereocenters. The van der Waals surface area contributed by atoms with E-state index in [0.29, 0.717) is 0 Å². The van der Waals surface area contributed by atoms with Gasteiger partial charge >= 0.3 is 0 Å². The van der Waals surface area contributed by atoms with Gasteiger partial charge < -0.3 is 9.80 Å². The Balaban J connectivity index is 1.61. The smallest absolute Gasteiger partial charge is 0.264 e. The van der Waals surface area contributed by atoms with Crippen LogP contribution in [0.2, 0.25) is 0 Å². The van der Waals surface area contributed by atoms with Crippen LogP contribution in [0.5, 0.6) is 0 Å². The number of likely N-dealkylation sites (N-methyl/N-ethyl adjacent to an activating group) is 1. The second-order valence-electron chi connectivity index (χ2n) is 7.01. The van der Waals surface area contributed by atoms with Crippen molar-refractivity contribution in [3.05, 3.63) is 52.5 Å². The van der Waals surface area contributed by atoms with Crippen LogP contribution in [0.1, 0.15) is 27.3 Å². The van der Waals surface area contributed by atoms with Crippen molar-refractivity contribution in [2.45, 2.75) is 19.9 Å². The van der Waals surface area contributed by atoms with Gasteiger partial charge in [0.1, 0.15) is 4.83 Å². The van der Waals surface area contributed by atoms with E-state index >= 15 is 0 Å². The van der Waals surface area contributed by atoms with Crippen molar-refractivity contribution in [1.29, 1.82) is 0 Å². The van der Waals surface area contributed by atoms with E-state index in [1.807, 2.05) is 40.8 Å². The molecule has 5 nitrogen and oxygen atoms in total. The summed E-state index contributed by atoms with van der Waals surface area (Å²) < 4.78 is 2.03. The second-order valence-corrected chi connectivity index (χ2v) is 8.04. The van der Waals surface area contributed by atoms with Crippen LogP contribution in [0.25, 0.3) is 10.2 Å². The van der Waals surface area contributed by atoms with Crippen LogP contribution in [0.3, 0.4) is 0 Å². The van der Waals surface area contributed by atoms with Gasteiger partial charge in [-0.15, -0.1) is 11.3 Å². The molecule has 6 heteroatoms. The van der Waals surface area contributed by atoms with Crippen LogP contribution in [-0.4, -0.2) is 58.7 Å². The number of benzene rings is 1. The van der Waals surface area contributed by atoms with Gasteiger partial charge in [-0.2, -0.15) is 5.10 Å². The number of rotatable bonds is 3. The maximum absolute atomic E-state index is 13.0. The SMILES string of the molecule is Cc1nn(Cc2ccccc2)c2sc(C(=O)N3CCCN(C)CC3)cc12. The molecule has 1 saturated heterocycles. The predicted molar refractivity (Wildman–Crippen MR) is 106 cm³/mol. The van der Waals surface area contributed by atoms with Gasteiger partial charge in [-0.1, -0.05) is 30.3 Å². The minimum Gasteiger partial charge on any atom is -0.337 e. The molecule has 1 aromatic carbocycles. The van der Waals surface area contributed by atoms with Crippen LogP contribution in [0.15, 0.2) is 36.4 Å². The lowest BCUT2D eigenvalue weighted by Gasteiger charge is -2.19. The first-order valence-electron chi connectivity index (χ1n) is 9.10. The zero-order valence-electron chi connectivity index (χ0n) is 15.3. The van der Waals surface area contributed by atoms with Crippen molar-refractivity contribution < 1.29 is 4.79 Å². The summed E-state index contributed by atoms with van der Waals surface area (Å²) in [6.45, 7) is 6.39. The third kappa shape index (κ3) is 3.39. The molecule has 1 aliphatic rings. The Bertz CT molecular complexity index is 915. The number of hydrogen-bond donors (Lipinski definition) is 0.